The second-order valence-electron chi connectivity index (χ2n) is 3.16. The van der Waals surface area contributed by atoms with Crippen LogP contribution in [-0.2, 0) is 0 Å². The van der Waals surface area contributed by atoms with Crippen molar-refractivity contribution in [2.75, 3.05) is 0 Å². The molecule has 15 heavy (non-hydrogen) atoms. The molecule has 0 aliphatic rings. The highest BCUT2D eigenvalue weighted by Crippen LogP contribution is 2.36. The van der Waals surface area contributed by atoms with Crippen LogP contribution >= 0.6 is 50.2 Å². The lowest BCUT2D eigenvalue weighted by Crippen LogP contribution is -2.08. The van der Waals surface area contributed by atoms with Gasteiger partial charge in [-0.3, -0.25) is 0 Å². The van der Waals surface area contributed by atoms with Gasteiger partial charge in [0, 0.05) is 19.1 Å². The number of hydrogen-bond acceptors (Lipinski definition) is 3. The Hall–Kier alpha value is 0.130. The average molecular weight is 323 g/mol. The van der Waals surface area contributed by atoms with Gasteiger partial charge in [0.15, 0.2) is 0 Å². The van der Waals surface area contributed by atoms with Gasteiger partial charge in [-0.15, -0.1) is 22.7 Å². The molecule has 2 aromatic rings. The third-order valence-electron chi connectivity index (χ3n) is 2.11. The molecular formula is C10H9BrClNS2. The molecule has 2 heterocycles. The van der Waals surface area contributed by atoms with Crippen molar-refractivity contribution in [3.8, 4) is 0 Å². The molecule has 80 valence electrons. The molecule has 0 bridgehead atoms. The van der Waals surface area contributed by atoms with Gasteiger partial charge in [0.25, 0.3) is 0 Å². The van der Waals surface area contributed by atoms with Crippen molar-refractivity contribution in [2.24, 2.45) is 5.73 Å². The minimum absolute atomic E-state index is 0.104. The Morgan fingerprint density at radius 2 is 2.27 bits per heavy atom. The van der Waals surface area contributed by atoms with Gasteiger partial charge in [-0.1, -0.05) is 11.6 Å². The van der Waals surface area contributed by atoms with E-state index < -0.39 is 0 Å². The molecule has 0 spiro atoms. The summed E-state index contributed by atoms with van der Waals surface area (Å²) in [5.41, 5.74) is 6.16. The first-order valence-electron chi connectivity index (χ1n) is 4.34. The van der Waals surface area contributed by atoms with Crippen molar-refractivity contribution in [3.05, 3.63) is 41.6 Å². The molecule has 1 unspecified atom stereocenters. The quantitative estimate of drug-likeness (QED) is 0.860. The van der Waals surface area contributed by atoms with E-state index in [1.807, 2.05) is 11.4 Å². The van der Waals surface area contributed by atoms with Crippen LogP contribution < -0.4 is 5.73 Å². The number of nitrogens with two attached hydrogens (primary N) is 1. The zero-order valence-electron chi connectivity index (χ0n) is 7.96. The lowest BCUT2D eigenvalue weighted by molar-refractivity contribution is 0.917. The molecule has 1 atom stereocenters. The van der Waals surface area contributed by atoms with E-state index in [0.29, 0.717) is 0 Å². The summed E-state index contributed by atoms with van der Waals surface area (Å²) in [4.78, 5) is 3.42. The first kappa shape index (κ1) is 11.6. The largest absolute Gasteiger partial charge is 0.319 e. The van der Waals surface area contributed by atoms with Crippen LogP contribution in [-0.4, -0.2) is 0 Å². The van der Waals surface area contributed by atoms with Crippen molar-refractivity contribution in [3.63, 3.8) is 0 Å². The Morgan fingerprint density at radius 3 is 2.73 bits per heavy atom. The SMILES string of the molecule is Cc1sc(C(N)c2sccc2Cl)cc1Br. The fourth-order valence-corrected chi connectivity index (χ4v) is 4.13. The average Bonchev–Trinajstić information content (AvgIpc) is 2.74. The Kier molecular flexibility index (Phi) is 3.52. The molecule has 0 saturated carbocycles. The maximum absolute atomic E-state index is 6.16. The lowest BCUT2D eigenvalue weighted by Gasteiger charge is -2.07. The second kappa shape index (κ2) is 4.55. The van der Waals surface area contributed by atoms with Gasteiger partial charge in [0.2, 0.25) is 0 Å². The van der Waals surface area contributed by atoms with Crippen molar-refractivity contribution >= 4 is 50.2 Å². The predicted octanol–water partition coefficient (Wildman–Crippen LogP) is 4.58. The molecule has 1 nitrogen and oxygen atoms in total. The second-order valence-corrected chi connectivity index (χ2v) is 6.66. The van der Waals surface area contributed by atoms with Crippen LogP contribution in [0.3, 0.4) is 0 Å². The van der Waals surface area contributed by atoms with Crippen molar-refractivity contribution < 1.29 is 0 Å². The minimum atomic E-state index is -0.104. The highest BCUT2D eigenvalue weighted by Gasteiger charge is 2.16. The first-order chi connectivity index (χ1) is 7.09. The summed E-state index contributed by atoms with van der Waals surface area (Å²) in [6.07, 6.45) is 0. The summed E-state index contributed by atoms with van der Waals surface area (Å²) < 4.78 is 1.12. The number of rotatable bonds is 2. The molecule has 2 rings (SSSR count). The highest BCUT2D eigenvalue weighted by molar-refractivity contribution is 9.10. The number of thiophene rings is 2. The molecule has 0 radical (unpaired) electrons. The maximum atomic E-state index is 6.16. The zero-order valence-corrected chi connectivity index (χ0v) is 11.9. The first-order valence-corrected chi connectivity index (χ1v) is 7.20. The standard InChI is InChI=1S/C10H9BrClNS2/c1-5-6(11)4-8(15-5)9(13)10-7(12)2-3-14-10/h2-4,9H,13H2,1H3. The van der Waals surface area contributed by atoms with Crippen molar-refractivity contribution in [2.45, 2.75) is 13.0 Å². The van der Waals surface area contributed by atoms with E-state index in [0.717, 1.165) is 19.2 Å². The molecule has 0 saturated heterocycles. The van der Waals surface area contributed by atoms with E-state index in [2.05, 4.69) is 28.9 Å². The number of halogens is 2. The Balaban J connectivity index is 2.36. The van der Waals surface area contributed by atoms with Gasteiger partial charge >= 0.3 is 0 Å². The topological polar surface area (TPSA) is 26.0 Å². The third-order valence-corrected chi connectivity index (χ3v) is 5.77. The highest BCUT2D eigenvalue weighted by atomic mass is 79.9. The van der Waals surface area contributed by atoms with Crippen LogP contribution in [0.25, 0.3) is 0 Å². The molecule has 0 aliphatic carbocycles. The van der Waals surface area contributed by atoms with E-state index in [1.165, 1.54) is 4.88 Å². The van der Waals surface area contributed by atoms with E-state index in [1.54, 1.807) is 22.7 Å². The van der Waals surface area contributed by atoms with Gasteiger partial charge in [-0.25, -0.2) is 0 Å². The molecule has 2 aromatic heterocycles. The van der Waals surface area contributed by atoms with Gasteiger partial charge in [0.1, 0.15) is 0 Å². The van der Waals surface area contributed by atoms with Gasteiger partial charge < -0.3 is 5.73 Å². The van der Waals surface area contributed by atoms with Crippen LogP contribution in [0.1, 0.15) is 20.7 Å². The molecule has 0 aliphatic heterocycles. The van der Waals surface area contributed by atoms with E-state index in [4.69, 9.17) is 17.3 Å². The maximum Gasteiger partial charge on any atom is 0.0755 e. The lowest BCUT2D eigenvalue weighted by atomic mass is 10.2. The number of hydrogen-bond donors (Lipinski definition) is 1. The zero-order chi connectivity index (χ0) is 11.0. The molecule has 0 fully saturated rings. The monoisotopic (exact) mass is 321 g/mol. The smallest absolute Gasteiger partial charge is 0.0755 e. The van der Waals surface area contributed by atoms with E-state index in [-0.39, 0.29) is 6.04 Å². The fourth-order valence-electron chi connectivity index (χ4n) is 1.29. The summed E-state index contributed by atoms with van der Waals surface area (Å²) in [6.45, 7) is 2.07. The normalized spacial score (nSPS) is 13.1. The Morgan fingerprint density at radius 1 is 1.53 bits per heavy atom. The van der Waals surface area contributed by atoms with Crippen molar-refractivity contribution in [1.82, 2.24) is 0 Å². The minimum Gasteiger partial charge on any atom is -0.319 e. The Bertz CT molecular complexity index is 458. The summed E-state index contributed by atoms with van der Waals surface area (Å²) >= 11 is 12.9. The summed E-state index contributed by atoms with van der Waals surface area (Å²) in [6, 6.07) is 3.85. The van der Waals surface area contributed by atoms with E-state index >= 15 is 0 Å². The summed E-state index contributed by atoms with van der Waals surface area (Å²) in [5.74, 6) is 0. The molecule has 0 amide bonds. The van der Waals surface area contributed by atoms with Gasteiger partial charge in [-0.2, -0.15) is 0 Å². The predicted molar refractivity (Wildman–Crippen MR) is 72.1 cm³/mol. The molecular weight excluding hydrogens is 314 g/mol. The molecule has 2 N–H and O–H groups in total. The van der Waals surface area contributed by atoms with Crippen LogP contribution in [0.2, 0.25) is 5.02 Å². The van der Waals surface area contributed by atoms with Crippen LogP contribution in [0, 0.1) is 6.92 Å². The van der Waals surface area contributed by atoms with Crippen LogP contribution in [0.15, 0.2) is 22.0 Å². The summed E-state index contributed by atoms with van der Waals surface area (Å²) in [5, 5.41) is 2.72. The van der Waals surface area contributed by atoms with E-state index in [9.17, 15) is 0 Å². The molecule has 5 heteroatoms. The molecule has 0 aromatic carbocycles. The van der Waals surface area contributed by atoms with Crippen LogP contribution in [0.5, 0.6) is 0 Å². The van der Waals surface area contributed by atoms with Gasteiger partial charge in [-0.05, 0) is 40.4 Å². The summed E-state index contributed by atoms with van der Waals surface area (Å²) in [7, 11) is 0. The van der Waals surface area contributed by atoms with Crippen LogP contribution in [0.4, 0.5) is 0 Å². The Labute approximate surface area is 110 Å². The third kappa shape index (κ3) is 2.29. The van der Waals surface area contributed by atoms with Gasteiger partial charge in [0.05, 0.1) is 11.1 Å². The fraction of sp³-hybridized carbons (Fsp3) is 0.200. The van der Waals surface area contributed by atoms with Crippen molar-refractivity contribution in [1.29, 1.82) is 0 Å². The number of aryl methyl sites for hydroxylation is 1.